The Morgan fingerprint density at radius 1 is 0.900 bits per heavy atom. The fraction of sp³-hybridized carbons (Fsp3) is 0. The molecule has 1 N–H and O–H groups in total. The summed E-state index contributed by atoms with van der Waals surface area (Å²) in [5.74, 6) is 0.313. The third-order valence-electron chi connectivity index (χ3n) is 4.52. The number of anilines is 1. The normalized spacial score (nSPS) is 10.8. The molecule has 0 saturated carbocycles. The van der Waals surface area contributed by atoms with Crippen molar-refractivity contribution >= 4 is 35.0 Å². The summed E-state index contributed by atoms with van der Waals surface area (Å²) in [4.78, 5) is 0. The highest BCUT2D eigenvalue weighted by molar-refractivity contribution is 6.39. The number of para-hydroxylation sites is 1. The minimum Gasteiger partial charge on any atom is -0.361 e. The number of halogens is 2. The molecule has 0 fully saturated rings. The largest absolute Gasteiger partial charge is 0.361 e. The van der Waals surface area contributed by atoms with E-state index in [0.29, 0.717) is 27.1 Å². The van der Waals surface area contributed by atoms with Crippen LogP contribution in [0.3, 0.4) is 0 Å². The summed E-state index contributed by atoms with van der Waals surface area (Å²) in [5, 5.41) is 17.7. The molecular formula is C24H15Cl2N3O. The second-order valence-electron chi connectivity index (χ2n) is 6.37. The number of nitriles is 1. The van der Waals surface area contributed by atoms with Crippen molar-refractivity contribution < 1.29 is 4.52 Å². The zero-order chi connectivity index (χ0) is 20.9. The monoisotopic (exact) mass is 431 g/mol. The predicted molar refractivity (Wildman–Crippen MR) is 121 cm³/mol. The Bertz CT molecular complexity index is 1240. The van der Waals surface area contributed by atoms with Crippen LogP contribution in [0.5, 0.6) is 0 Å². The zero-order valence-electron chi connectivity index (χ0n) is 15.6. The molecule has 0 saturated heterocycles. The van der Waals surface area contributed by atoms with Crippen LogP contribution in [0.25, 0.3) is 28.5 Å². The van der Waals surface area contributed by atoms with Gasteiger partial charge in [0.2, 0.25) is 0 Å². The number of benzene rings is 3. The predicted octanol–water partition coefficient (Wildman–Crippen LogP) is 7.27. The van der Waals surface area contributed by atoms with E-state index in [1.54, 1.807) is 30.5 Å². The van der Waals surface area contributed by atoms with Crippen LogP contribution in [0.4, 0.5) is 5.69 Å². The minimum absolute atomic E-state index is 0.263. The molecule has 4 nitrogen and oxygen atoms in total. The summed E-state index contributed by atoms with van der Waals surface area (Å²) < 4.78 is 5.39. The van der Waals surface area contributed by atoms with E-state index in [1.807, 2.05) is 54.6 Å². The average Bonchev–Trinajstić information content (AvgIpc) is 3.17. The van der Waals surface area contributed by atoms with Gasteiger partial charge >= 0.3 is 0 Å². The molecule has 3 aromatic carbocycles. The number of hydrogen-bond donors (Lipinski definition) is 1. The first-order chi connectivity index (χ1) is 14.7. The zero-order valence-corrected chi connectivity index (χ0v) is 17.2. The van der Waals surface area contributed by atoms with Gasteiger partial charge in [-0.15, -0.1) is 0 Å². The Labute approximate surface area is 184 Å². The van der Waals surface area contributed by atoms with Crippen LogP contribution in [0.15, 0.2) is 83.5 Å². The molecule has 0 aliphatic carbocycles. The van der Waals surface area contributed by atoms with Crippen LogP contribution >= 0.6 is 23.2 Å². The molecule has 30 heavy (non-hydrogen) atoms. The number of nitrogens with one attached hydrogen (secondary N) is 1. The van der Waals surface area contributed by atoms with Crippen LogP contribution in [0, 0.1) is 11.3 Å². The third-order valence-corrected chi connectivity index (χ3v) is 5.15. The molecule has 4 aromatic rings. The minimum atomic E-state index is 0.263. The van der Waals surface area contributed by atoms with Gasteiger partial charge in [-0.3, -0.25) is 0 Å². The lowest BCUT2D eigenvalue weighted by Gasteiger charge is -2.09. The Hall–Kier alpha value is -3.52. The van der Waals surface area contributed by atoms with Gasteiger partial charge in [0.25, 0.3) is 0 Å². The van der Waals surface area contributed by atoms with Gasteiger partial charge in [0.1, 0.15) is 17.3 Å². The van der Waals surface area contributed by atoms with E-state index in [4.69, 9.17) is 27.7 Å². The maximum atomic E-state index is 9.65. The lowest BCUT2D eigenvalue weighted by Crippen LogP contribution is -1.91. The van der Waals surface area contributed by atoms with E-state index >= 15 is 0 Å². The molecule has 4 rings (SSSR count). The van der Waals surface area contributed by atoms with Crippen molar-refractivity contribution in [3.05, 3.63) is 100 Å². The number of nitrogens with zero attached hydrogens (tertiary/aromatic N) is 2. The van der Waals surface area contributed by atoms with E-state index in [1.165, 1.54) is 0 Å². The second kappa shape index (κ2) is 8.87. The summed E-state index contributed by atoms with van der Waals surface area (Å²) in [6, 6.07) is 25.3. The van der Waals surface area contributed by atoms with E-state index < -0.39 is 0 Å². The van der Waals surface area contributed by atoms with Gasteiger partial charge in [-0.2, -0.15) is 5.26 Å². The fourth-order valence-electron chi connectivity index (χ4n) is 3.10. The number of rotatable bonds is 5. The van der Waals surface area contributed by atoms with Crippen molar-refractivity contribution in [1.29, 1.82) is 5.26 Å². The molecule has 0 radical (unpaired) electrons. The Balaban J connectivity index is 1.63. The molecule has 1 heterocycles. The molecular weight excluding hydrogens is 417 g/mol. The van der Waals surface area contributed by atoms with E-state index in [2.05, 4.69) is 16.5 Å². The van der Waals surface area contributed by atoms with Crippen molar-refractivity contribution in [3.63, 3.8) is 0 Å². The number of aromatic nitrogens is 1. The van der Waals surface area contributed by atoms with Crippen molar-refractivity contribution in [1.82, 2.24) is 5.16 Å². The van der Waals surface area contributed by atoms with Crippen molar-refractivity contribution in [2.75, 3.05) is 5.32 Å². The van der Waals surface area contributed by atoms with Crippen LogP contribution in [-0.2, 0) is 0 Å². The molecule has 0 unspecified atom stereocenters. The van der Waals surface area contributed by atoms with E-state index in [9.17, 15) is 5.26 Å². The molecule has 0 bridgehead atoms. The van der Waals surface area contributed by atoms with Crippen molar-refractivity contribution in [3.8, 4) is 28.5 Å². The highest BCUT2D eigenvalue weighted by atomic mass is 35.5. The van der Waals surface area contributed by atoms with Gasteiger partial charge in [0.05, 0.1) is 10.0 Å². The van der Waals surface area contributed by atoms with Gasteiger partial charge < -0.3 is 9.84 Å². The summed E-state index contributed by atoms with van der Waals surface area (Å²) >= 11 is 12.5. The summed E-state index contributed by atoms with van der Waals surface area (Å²) in [6.07, 6.45) is 3.36. The Kier molecular flexibility index (Phi) is 5.85. The first kappa shape index (κ1) is 19.8. The molecule has 0 spiro atoms. The second-order valence-corrected chi connectivity index (χ2v) is 7.18. The summed E-state index contributed by atoms with van der Waals surface area (Å²) in [5.41, 5.74) is 4.14. The van der Waals surface area contributed by atoms with Crippen LogP contribution in [0.2, 0.25) is 10.0 Å². The first-order valence-corrected chi connectivity index (χ1v) is 9.86. The van der Waals surface area contributed by atoms with Gasteiger partial charge in [0, 0.05) is 29.1 Å². The quantitative estimate of drug-likeness (QED) is 0.360. The average molecular weight is 432 g/mol. The Morgan fingerprint density at radius 3 is 2.33 bits per heavy atom. The van der Waals surface area contributed by atoms with Crippen LogP contribution in [0.1, 0.15) is 11.3 Å². The van der Waals surface area contributed by atoms with Gasteiger partial charge in [-0.25, -0.2) is 0 Å². The van der Waals surface area contributed by atoms with Crippen LogP contribution < -0.4 is 5.32 Å². The maximum absolute atomic E-state index is 9.65. The maximum Gasteiger partial charge on any atom is 0.179 e. The van der Waals surface area contributed by atoms with Crippen molar-refractivity contribution in [2.24, 2.45) is 0 Å². The van der Waals surface area contributed by atoms with Crippen molar-refractivity contribution in [2.45, 2.75) is 0 Å². The Morgan fingerprint density at radius 2 is 1.60 bits per heavy atom. The molecule has 146 valence electrons. The molecule has 0 amide bonds. The number of hydrogen-bond acceptors (Lipinski definition) is 4. The SMILES string of the molecule is N#Cc1c(-c2c(Cl)cccc2Cl)noc1C=CNc1ccccc1-c1ccccc1. The summed E-state index contributed by atoms with van der Waals surface area (Å²) in [7, 11) is 0. The lowest BCUT2D eigenvalue weighted by molar-refractivity contribution is 0.415. The molecule has 1 aromatic heterocycles. The van der Waals surface area contributed by atoms with Gasteiger partial charge in [-0.1, -0.05) is 83.0 Å². The van der Waals surface area contributed by atoms with E-state index in [0.717, 1.165) is 16.8 Å². The standard InChI is InChI=1S/C24H15Cl2N3O/c25-19-10-6-11-20(26)23(19)24-18(15-27)22(30-29-24)13-14-28-21-12-5-4-9-17(21)16-7-2-1-3-8-16/h1-14,28H. The third kappa shape index (κ3) is 3.95. The smallest absolute Gasteiger partial charge is 0.179 e. The highest BCUT2D eigenvalue weighted by Gasteiger charge is 2.20. The first-order valence-electron chi connectivity index (χ1n) is 9.10. The molecule has 0 atom stereocenters. The van der Waals surface area contributed by atoms with E-state index in [-0.39, 0.29) is 5.56 Å². The highest BCUT2D eigenvalue weighted by Crippen LogP contribution is 2.37. The fourth-order valence-corrected chi connectivity index (χ4v) is 3.68. The molecule has 6 heteroatoms. The summed E-state index contributed by atoms with van der Waals surface area (Å²) in [6.45, 7) is 0. The van der Waals surface area contributed by atoms with Gasteiger partial charge in [0.15, 0.2) is 5.76 Å². The van der Waals surface area contributed by atoms with Crippen LogP contribution in [-0.4, -0.2) is 5.16 Å². The molecule has 0 aliphatic heterocycles. The van der Waals surface area contributed by atoms with Gasteiger partial charge in [-0.05, 0) is 23.8 Å². The lowest BCUT2D eigenvalue weighted by atomic mass is 10.0. The topological polar surface area (TPSA) is 61.9 Å². The molecule has 0 aliphatic rings.